The van der Waals surface area contributed by atoms with Gasteiger partial charge in [-0.05, 0) is 42.0 Å². The molecule has 0 aliphatic carbocycles. The van der Waals surface area contributed by atoms with E-state index < -0.39 is 0 Å². The highest BCUT2D eigenvalue weighted by Gasteiger charge is 2.14. The zero-order valence-corrected chi connectivity index (χ0v) is 16.2. The van der Waals surface area contributed by atoms with Crippen LogP contribution in [0.3, 0.4) is 0 Å². The summed E-state index contributed by atoms with van der Waals surface area (Å²) in [6, 6.07) is 13.8. The molecule has 0 fully saturated rings. The first-order valence-corrected chi connectivity index (χ1v) is 9.30. The highest BCUT2D eigenvalue weighted by atomic mass is 32.1. The van der Waals surface area contributed by atoms with Gasteiger partial charge in [-0.25, -0.2) is 0 Å². The summed E-state index contributed by atoms with van der Waals surface area (Å²) >= 11 is 1.17. The van der Waals surface area contributed by atoms with E-state index in [1.54, 1.807) is 42.3 Å². The Balaban J connectivity index is 1.63. The second-order valence-corrected chi connectivity index (χ2v) is 7.21. The molecule has 2 N–H and O–H groups in total. The fourth-order valence-electron chi connectivity index (χ4n) is 2.43. The normalized spacial score (nSPS) is 10.4. The van der Waals surface area contributed by atoms with E-state index in [9.17, 15) is 14.4 Å². The molecule has 0 saturated heterocycles. The van der Waals surface area contributed by atoms with E-state index in [1.807, 2.05) is 18.2 Å². The molecule has 0 unspecified atom stereocenters. The molecule has 8 heteroatoms. The predicted octanol–water partition coefficient (Wildman–Crippen LogP) is 3.82. The van der Waals surface area contributed by atoms with Gasteiger partial charge in [0.25, 0.3) is 11.8 Å². The Bertz CT molecular complexity index is 995. The lowest BCUT2D eigenvalue weighted by atomic mass is 10.2. The second-order valence-electron chi connectivity index (χ2n) is 6.12. The lowest BCUT2D eigenvalue weighted by molar-refractivity contribution is -0.128. The van der Waals surface area contributed by atoms with Gasteiger partial charge in [0.2, 0.25) is 5.91 Å². The molecule has 28 heavy (non-hydrogen) atoms. The number of carbonyl (C=O) groups excluding carboxylic acids is 3. The molecular formula is C20H19N3O4S. The van der Waals surface area contributed by atoms with Crippen molar-refractivity contribution in [2.75, 3.05) is 17.7 Å². The maximum atomic E-state index is 12.5. The summed E-state index contributed by atoms with van der Waals surface area (Å²) in [5.41, 5.74) is 1.54. The van der Waals surface area contributed by atoms with Crippen LogP contribution in [0, 0.1) is 0 Å². The van der Waals surface area contributed by atoms with Gasteiger partial charge in [0.05, 0.1) is 16.1 Å². The number of nitrogens with one attached hydrogen (secondary N) is 2. The largest absolute Gasteiger partial charge is 0.459 e. The smallest absolute Gasteiger partial charge is 0.291 e. The molecule has 3 rings (SSSR count). The summed E-state index contributed by atoms with van der Waals surface area (Å²) in [4.78, 5) is 37.9. The average Bonchev–Trinajstić information content (AvgIpc) is 3.34. The number of carbonyl (C=O) groups is 3. The summed E-state index contributed by atoms with van der Waals surface area (Å²) in [5, 5.41) is 6.07. The number of amides is 3. The lowest BCUT2D eigenvalue weighted by Gasteiger charge is -2.15. The van der Waals surface area contributed by atoms with E-state index in [0.29, 0.717) is 22.1 Å². The third-order valence-corrected chi connectivity index (χ3v) is 4.95. The SMILES string of the molecule is CC(=O)N(C)Cc1cccc(NC(=O)c2ccc(NC(=O)c3ccco3)s2)c1. The molecule has 7 nitrogen and oxygen atoms in total. The molecule has 0 aliphatic rings. The molecule has 3 amide bonds. The van der Waals surface area contributed by atoms with Gasteiger partial charge < -0.3 is 20.0 Å². The van der Waals surface area contributed by atoms with Crippen LogP contribution < -0.4 is 10.6 Å². The number of hydrogen-bond donors (Lipinski definition) is 2. The fourth-order valence-corrected chi connectivity index (χ4v) is 3.23. The van der Waals surface area contributed by atoms with Crippen LogP contribution in [0.4, 0.5) is 10.7 Å². The molecule has 0 atom stereocenters. The second kappa shape index (κ2) is 8.53. The summed E-state index contributed by atoms with van der Waals surface area (Å²) in [5.74, 6) is -0.481. The molecule has 2 heterocycles. The fraction of sp³-hybridized carbons (Fsp3) is 0.150. The quantitative estimate of drug-likeness (QED) is 0.661. The van der Waals surface area contributed by atoms with Crippen molar-refractivity contribution in [3.8, 4) is 0 Å². The molecule has 144 valence electrons. The number of rotatable bonds is 6. The van der Waals surface area contributed by atoms with Gasteiger partial charge in [0.1, 0.15) is 0 Å². The van der Waals surface area contributed by atoms with Crippen molar-refractivity contribution >= 4 is 39.7 Å². The van der Waals surface area contributed by atoms with Crippen LogP contribution >= 0.6 is 11.3 Å². The van der Waals surface area contributed by atoms with Gasteiger partial charge in [-0.3, -0.25) is 14.4 Å². The Labute approximate surface area is 166 Å². The van der Waals surface area contributed by atoms with Crippen LogP contribution in [-0.2, 0) is 11.3 Å². The number of hydrogen-bond acceptors (Lipinski definition) is 5. The van der Waals surface area contributed by atoms with Crippen molar-refractivity contribution in [1.82, 2.24) is 4.90 Å². The van der Waals surface area contributed by atoms with Crippen molar-refractivity contribution in [1.29, 1.82) is 0 Å². The molecule has 1 aromatic carbocycles. The first-order valence-electron chi connectivity index (χ1n) is 8.49. The van der Waals surface area contributed by atoms with Gasteiger partial charge >= 0.3 is 0 Å². The highest BCUT2D eigenvalue weighted by molar-refractivity contribution is 7.18. The van der Waals surface area contributed by atoms with E-state index in [4.69, 9.17) is 4.42 Å². The van der Waals surface area contributed by atoms with Crippen molar-refractivity contribution in [2.24, 2.45) is 0 Å². The minimum absolute atomic E-state index is 0.0304. The van der Waals surface area contributed by atoms with Crippen LogP contribution in [0.15, 0.2) is 59.2 Å². The van der Waals surface area contributed by atoms with Crippen molar-refractivity contribution in [3.05, 3.63) is 71.0 Å². The van der Waals surface area contributed by atoms with Gasteiger partial charge in [0, 0.05) is 26.2 Å². The Hall–Kier alpha value is -3.39. The van der Waals surface area contributed by atoms with E-state index in [2.05, 4.69) is 10.6 Å². The lowest BCUT2D eigenvalue weighted by Crippen LogP contribution is -2.23. The van der Waals surface area contributed by atoms with Crippen LogP contribution in [0.2, 0.25) is 0 Å². The third-order valence-electron chi connectivity index (χ3n) is 3.95. The van der Waals surface area contributed by atoms with Crippen molar-refractivity contribution in [2.45, 2.75) is 13.5 Å². The maximum Gasteiger partial charge on any atom is 0.291 e. The van der Waals surface area contributed by atoms with Gasteiger partial charge in [-0.15, -0.1) is 11.3 Å². The maximum absolute atomic E-state index is 12.5. The minimum atomic E-state index is -0.374. The minimum Gasteiger partial charge on any atom is -0.459 e. The van der Waals surface area contributed by atoms with Crippen molar-refractivity contribution < 1.29 is 18.8 Å². The predicted molar refractivity (Wildman–Crippen MR) is 108 cm³/mol. The Morgan fingerprint density at radius 3 is 2.57 bits per heavy atom. The standard InChI is InChI=1S/C20H19N3O4S/c1-13(24)23(2)12-14-5-3-6-15(11-14)21-20(26)17-8-9-18(28-17)22-19(25)16-7-4-10-27-16/h3-11H,12H2,1-2H3,(H,21,26)(H,22,25). The molecule has 0 saturated carbocycles. The number of nitrogens with zero attached hydrogens (tertiary/aromatic N) is 1. The van der Waals surface area contributed by atoms with E-state index >= 15 is 0 Å². The van der Waals surface area contributed by atoms with Gasteiger partial charge in [0.15, 0.2) is 5.76 Å². The molecular weight excluding hydrogens is 378 g/mol. The number of furan rings is 1. The zero-order chi connectivity index (χ0) is 20.1. The number of anilines is 2. The Kier molecular flexibility index (Phi) is 5.90. The average molecular weight is 397 g/mol. The number of benzene rings is 1. The van der Waals surface area contributed by atoms with Crippen LogP contribution in [0.25, 0.3) is 0 Å². The molecule has 0 bridgehead atoms. The molecule has 0 aliphatic heterocycles. The van der Waals surface area contributed by atoms with Crippen LogP contribution in [0.5, 0.6) is 0 Å². The monoisotopic (exact) mass is 397 g/mol. The Morgan fingerprint density at radius 1 is 1.04 bits per heavy atom. The molecule has 3 aromatic rings. The first-order chi connectivity index (χ1) is 13.4. The number of thiophene rings is 1. The Morgan fingerprint density at radius 2 is 1.86 bits per heavy atom. The van der Waals surface area contributed by atoms with Gasteiger partial charge in [-0.2, -0.15) is 0 Å². The summed E-state index contributed by atoms with van der Waals surface area (Å²) in [7, 11) is 1.72. The molecule has 0 spiro atoms. The zero-order valence-electron chi connectivity index (χ0n) is 15.4. The highest BCUT2D eigenvalue weighted by Crippen LogP contribution is 2.24. The van der Waals surface area contributed by atoms with Gasteiger partial charge in [-0.1, -0.05) is 12.1 Å². The topological polar surface area (TPSA) is 91.7 Å². The van der Waals surface area contributed by atoms with E-state index in [0.717, 1.165) is 5.56 Å². The molecule has 0 radical (unpaired) electrons. The summed E-state index contributed by atoms with van der Waals surface area (Å²) in [6.07, 6.45) is 1.42. The third kappa shape index (κ3) is 4.86. The first kappa shape index (κ1) is 19.4. The van der Waals surface area contributed by atoms with Crippen molar-refractivity contribution in [3.63, 3.8) is 0 Å². The van der Waals surface area contributed by atoms with Crippen LogP contribution in [-0.4, -0.2) is 29.7 Å². The molecule has 2 aromatic heterocycles. The van der Waals surface area contributed by atoms with E-state index in [1.165, 1.54) is 24.5 Å². The van der Waals surface area contributed by atoms with Crippen LogP contribution in [0.1, 0.15) is 32.7 Å². The summed E-state index contributed by atoms with van der Waals surface area (Å²) in [6.45, 7) is 1.96. The van der Waals surface area contributed by atoms with E-state index in [-0.39, 0.29) is 23.5 Å². The summed E-state index contributed by atoms with van der Waals surface area (Å²) < 4.78 is 5.04.